The lowest BCUT2D eigenvalue weighted by atomic mass is 9.93. The van der Waals surface area contributed by atoms with E-state index < -0.39 is 21.8 Å². The summed E-state index contributed by atoms with van der Waals surface area (Å²) in [5.74, 6) is -0.335. The molecule has 6 nitrogen and oxygen atoms in total. The standard InChI is InChI=1S/C23H25F3N2O4S/c24-23(25,26)19-9-7-17(8-10-19)21-6-1-2-11-28(21)22(29)18-4-3-5-20(16-18)33(30,31)27-12-14-32-15-13-27/h3-5,7-10,16,21H,1-2,6,11-15H2. The van der Waals surface area contributed by atoms with Gasteiger partial charge in [-0.2, -0.15) is 17.5 Å². The van der Waals surface area contributed by atoms with E-state index in [4.69, 9.17) is 4.74 Å². The summed E-state index contributed by atoms with van der Waals surface area (Å²) in [5, 5.41) is 0. The zero-order valence-electron chi connectivity index (χ0n) is 17.9. The monoisotopic (exact) mass is 482 g/mol. The minimum absolute atomic E-state index is 0.0401. The number of hydrogen-bond donors (Lipinski definition) is 0. The molecule has 1 atom stereocenters. The normalized spacial score (nSPS) is 20.6. The fourth-order valence-corrected chi connectivity index (χ4v) is 5.76. The van der Waals surface area contributed by atoms with Gasteiger partial charge in [-0.3, -0.25) is 4.79 Å². The number of ether oxygens (including phenoxy) is 1. The van der Waals surface area contributed by atoms with Gasteiger partial charge in [0, 0.05) is 25.2 Å². The molecule has 0 N–H and O–H groups in total. The molecule has 2 heterocycles. The topological polar surface area (TPSA) is 66.9 Å². The lowest BCUT2D eigenvalue weighted by Crippen LogP contribution is -2.41. The Balaban J connectivity index is 1.59. The molecule has 2 aromatic carbocycles. The molecule has 178 valence electrons. The molecular weight excluding hydrogens is 457 g/mol. The summed E-state index contributed by atoms with van der Waals surface area (Å²) in [6, 6.07) is 10.5. The Morgan fingerprint density at radius 2 is 1.67 bits per heavy atom. The predicted molar refractivity (Wildman–Crippen MR) is 115 cm³/mol. The Labute approximate surface area is 191 Å². The van der Waals surface area contributed by atoms with Crippen molar-refractivity contribution in [3.8, 4) is 0 Å². The van der Waals surface area contributed by atoms with Crippen molar-refractivity contribution < 1.29 is 31.1 Å². The molecule has 0 aromatic heterocycles. The summed E-state index contributed by atoms with van der Waals surface area (Å²) in [5.41, 5.74) is 0.136. The lowest BCUT2D eigenvalue weighted by Gasteiger charge is -2.36. The zero-order chi connectivity index (χ0) is 23.6. The first kappa shape index (κ1) is 23.7. The summed E-state index contributed by atoms with van der Waals surface area (Å²) in [7, 11) is -3.76. The van der Waals surface area contributed by atoms with Crippen molar-refractivity contribution >= 4 is 15.9 Å². The van der Waals surface area contributed by atoms with Crippen LogP contribution in [0.25, 0.3) is 0 Å². The number of morpholine rings is 1. The molecule has 0 saturated carbocycles. The fourth-order valence-electron chi connectivity index (χ4n) is 4.31. The van der Waals surface area contributed by atoms with Gasteiger partial charge in [0.25, 0.3) is 5.91 Å². The Morgan fingerprint density at radius 3 is 2.33 bits per heavy atom. The number of amides is 1. The minimum Gasteiger partial charge on any atom is -0.379 e. The van der Waals surface area contributed by atoms with Crippen molar-refractivity contribution in [2.75, 3.05) is 32.8 Å². The Kier molecular flexibility index (Phi) is 6.78. The van der Waals surface area contributed by atoms with E-state index in [-0.39, 0.29) is 35.5 Å². The van der Waals surface area contributed by atoms with E-state index in [9.17, 15) is 26.4 Å². The number of hydrogen-bond acceptors (Lipinski definition) is 4. The molecule has 2 saturated heterocycles. The number of benzene rings is 2. The smallest absolute Gasteiger partial charge is 0.379 e. The quantitative estimate of drug-likeness (QED) is 0.658. The van der Waals surface area contributed by atoms with Crippen LogP contribution in [-0.2, 0) is 20.9 Å². The highest BCUT2D eigenvalue weighted by Gasteiger charge is 2.33. The molecule has 2 aliphatic rings. The third kappa shape index (κ3) is 5.07. The van der Waals surface area contributed by atoms with Gasteiger partial charge in [0.1, 0.15) is 0 Å². The van der Waals surface area contributed by atoms with Gasteiger partial charge < -0.3 is 9.64 Å². The van der Waals surface area contributed by atoms with Gasteiger partial charge in [0.15, 0.2) is 0 Å². The van der Waals surface area contributed by atoms with Gasteiger partial charge in [-0.15, -0.1) is 0 Å². The highest BCUT2D eigenvalue weighted by atomic mass is 32.2. The number of halogens is 3. The number of sulfonamides is 1. The molecule has 0 spiro atoms. The number of likely N-dealkylation sites (tertiary alicyclic amines) is 1. The van der Waals surface area contributed by atoms with E-state index in [1.807, 2.05) is 0 Å². The van der Waals surface area contributed by atoms with Crippen molar-refractivity contribution in [1.29, 1.82) is 0 Å². The maximum absolute atomic E-state index is 13.4. The molecule has 1 amide bonds. The van der Waals surface area contributed by atoms with Gasteiger partial charge in [0.2, 0.25) is 10.0 Å². The SMILES string of the molecule is O=C(c1cccc(S(=O)(=O)N2CCOCC2)c1)N1CCCCC1c1ccc(C(F)(F)F)cc1. The third-order valence-electron chi connectivity index (χ3n) is 6.08. The molecule has 2 aromatic rings. The first-order valence-electron chi connectivity index (χ1n) is 10.8. The molecule has 2 aliphatic heterocycles. The first-order valence-corrected chi connectivity index (χ1v) is 12.3. The lowest BCUT2D eigenvalue weighted by molar-refractivity contribution is -0.137. The predicted octanol–water partition coefficient (Wildman–Crippen LogP) is 4.09. The van der Waals surface area contributed by atoms with Crippen LogP contribution in [0.4, 0.5) is 13.2 Å². The molecule has 10 heteroatoms. The van der Waals surface area contributed by atoms with Crippen molar-refractivity contribution in [2.24, 2.45) is 0 Å². The Hall–Kier alpha value is -2.43. The van der Waals surface area contributed by atoms with Crippen LogP contribution in [-0.4, -0.2) is 56.4 Å². The third-order valence-corrected chi connectivity index (χ3v) is 7.97. The van der Waals surface area contributed by atoms with E-state index in [1.54, 1.807) is 11.0 Å². The van der Waals surface area contributed by atoms with Crippen molar-refractivity contribution in [1.82, 2.24) is 9.21 Å². The molecule has 0 radical (unpaired) electrons. The zero-order valence-corrected chi connectivity index (χ0v) is 18.7. The summed E-state index contributed by atoms with van der Waals surface area (Å²) in [4.78, 5) is 15.1. The van der Waals surface area contributed by atoms with Crippen molar-refractivity contribution in [2.45, 2.75) is 36.4 Å². The summed E-state index contributed by atoms with van der Waals surface area (Å²) < 4.78 is 71.3. The molecule has 0 bridgehead atoms. The molecule has 33 heavy (non-hydrogen) atoms. The Morgan fingerprint density at radius 1 is 0.970 bits per heavy atom. The maximum atomic E-state index is 13.4. The second-order valence-corrected chi connectivity index (χ2v) is 10.1. The van der Waals surface area contributed by atoms with E-state index in [0.29, 0.717) is 31.7 Å². The van der Waals surface area contributed by atoms with Gasteiger partial charge in [0.05, 0.1) is 29.7 Å². The number of nitrogens with zero attached hydrogens (tertiary/aromatic N) is 2. The first-order chi connectivity index (χ1) is 15.7. The van der Waals surface area contributed by atoms with E-state index >= 15 is 0 Å². The molecule has 4 rings (SSSR count). The van der Waals surface area contributed by atoms with Crippen LogP contribution < -0.4 is 0 Å². The number of carbonyl (C=O) groups is 1. The second kappa shape index (κ2) is 9.44. The fraction of sp³-hybridized carbons (Fsp3) is 0.435. The average Bonchev–Trinajstić information content (AvgIpc) is 2.84. The van der Waals surface area contributed by atoms with Gasteiger partial charge in [-0.1, -0.05) is 18.2 Å². The highest BCUT2D eigenvalue weighted by molar-refractivity contribution is 7.89. The van der Waals surface area contributed by atoms with Gasteiger partial charge >= 0.3 is 6.18 Å². The second-order valence-electron chi connectivity index (χ2n) is 8.17. The van der Waals surface area contributed by atoms with Gasteiger partial charge in [-0.25, -0.2) is 8.42 Å². The van der Waals surface area contributed by atoms with Crippen LogP contribution >= 0.6 is 0 Å². The average molecular weight is 483 g/mol. The highest BCUT2D eigenvalue weighted by Crippen LogP contribution is 2.35. The molecular formula is C23H25F3N2O4S. The van der Waals surface area contributed by atoms with E-state index in [0.717, 1.165) is 25.0 Å². The largest absolute Gasteiger partial charge is 0.416 e. The van der Waals surface area contributed by atoms with Crippen LogP contribution in [0.1, 0.15) is 46.8 Å². The minimum atomic E-state index is -4.42. The van der Waals surface area contributed by atoms with Crippen LogP contribution in [0.5, 0.6) is 0 Å². The van der Waals surface area contributed by atoms with Crippen LogP contribution in [0.2, 0.25) is 0 Å². The summed E-state index contributed by atoms with van der Waals surface area (Å²) >= 11 is 0. The number of piperidine rings is 1. The Bertz CT molecular complexity index is 1100. The van der Waals surface area contributed by atoms with Crippen molar-refractivity contribution in [3.63, 3.8) is 0 Å². The maximum Gasteiger partial charge on any atom is 0.416 e. The van der Waals surface area contributed by atoms with Crippen LogP contribution in [0.3, 0.4) is 0 Å². The molecule has 0 aliphatic carbocycles. The molecule has 2 fully saturated rings. The van der Waals surface area contributed by atoms with Crippen LogP contribution in [0.15, 0.2) is 53.4 Å². The van der Waals surface area contributed by atoms with Crippen molar-refractivity contribution in [3.05, 3.63) is 65.2 Å². The van der Waals surface area contributed by atoms with E-state index in [1.165, 1.54) is 34.6 Å². The number of carbonyl (C=O) groups excluding carboxylic acids is 1. The number of alkyl halides is 3. The molecule has 1 unspecified atom stereocenters. The number of rotatable bonds is 4. The van der Waals surface area contributed by atoms with Gasteiger partial charge in [-0.05, 0) is 55.2 Å². The van der Waals surface area contributed by atoms with E-state index in [2.05, 4.69) is 0 Å². The summed E-state index contributed by atoms with van der Waals surface area (Å²) in [6.07, 6.45) is -2.18. The summed E-state index contributed by atoms with van der Waals surface area (Å²) in [6.45, 7) is 1.59. The van der Waals surface area contributed by atoms with Crippen LogP contribution in [0, 0.1) is 0 Å².